The van der Waals surface area contributed by atoms with E-state index in [4.69, 9.17) is 14.6 Å². The molecule has 14 heteroatoms. The topological polar surface area (TPSA) is 150 Å². The van der Waals surface area contributed by atoms with Gasteiger partial charge in [0.1, 0.15) is 17.5 Å². The number of ether oxygens (including phenoxy) is 1. The van der Waals surface area contributed by atoms with Crippen molar-refractivity contribution in [1.29, 1.82) is 5.26 Å². The van der Waals surface area contributed by atoms with Gasteiger partial charge in [-0.05, 0) is 12.0 Å². The average molecular weight is 493 g/mol. The Labute approximate surface area is 197 Å². The molecule has 4 rings (SSSR count). The van der Waals surface area contributed by atoms with Crippen LogP contribution in [0.5, 0.6) is 0 Å². The summed E-state index contributed by atoms with van der Waals surface area (Å²) in [6, 6.07) is 4.14. The zero-order valence-electron chi connectivity index (χ0n) is 18.8. The number of aromatic nitrogens is 5. The molecule has 0 aliphatic carbocycles. The highest BCUT2D eigenvalue weighted by Gasteiger charge is 2.48. The second-order valence-corrected chi connectivity index (χ2v) is 8.32. The molecule has 2 N–H and O–H groups in total. The SMILES string of the molecule is CC(C)COC(=O)N1CC(CC#N)(n2cc(-c3ncnc4[nH]ccc34)cn2)C1.O=C(O)C(F)(F)F. The maximum absolute atomic E-state index is 12.2. The number of aromatic amines is 1. The van der Waals surface area contributed by atoms with E-state index in [0.29, 0.717) is 19.7 Å². The number of H-pyrrole nitrogens is 1. The number of amides is 1. The second-order valence-electron chi connectivity index (χ2n) is 8.32. The second kappa shape index (κ2) is 10.00. The third kappa shape index (κ3) is 5.68. The van der Waals surface area contributed by atoms with Crippen LogP contribution < -0.4 is 0 Å². The number of likely N-dealkylation sites (tertiary alicyclic amines) is 1. The standard InChI is InChI=1S/C19H21N7O2.C2HF3O2/c1-13(2)9-28-18(27)25-10-19(11-25,4-5-20)26-8-14(7-24-26)16-15-3-6-21-17(15)23-12-22-16;3-2(4,5)1(6)7/h3,6-8,12-13H,4,9-11H2,1-2H3,(H,21,22,23);(H,6,7). The predicted octanol–water partition coefficient (Wildman–Crippen LogP) is 3.17. The van der Waals surface area contributed by atoms with E-state index < -0.39 is 17.7 Å². The number of nitrogens with zero attached hydrogens (tertiary/aromatic N) is 6. The van der Waals surface area contributed by atoms with E-state index in [1.54, 1.807) is 15.8 Å². The molecule has 1 amide bonds. The summed E-state index contributed by atoms with van der Waals surface area (Å²) in [6.07, 6.45) is 1.75. The number of carboxylic acid groups (broad SMARTS) is 1. The Kier molecular flexibility index (Phi) is 7.28. The molecular weight excluding hydrogens is 471 g/mol. The smallest absolute Gasteiger partial charge is 0.475 e. The molecule has 3 aromatic rings. The fraction of sp³-hybridized carbons (Fsp3) is 0.429. The molecule has 1 aliphatic heterocycles. The van der Waals surface area contributed by atoms with E-state index in [-0.39, 0.29) is 18.4 Å². The maximum atomic E-state index is 12.2. The predicted molar refractivity (Wildman–Crippen MR) is 115 cm³/mol. The van der Waals surface area contributed by atoms with E-state index in [1.807, 2.05) is 32.3 Å². The Morgan fingerprint density at radius 2 is 2.03 bits per heavy atom. The van der Waals surface area contributed by atoms with Gasteiger partial charge in [-0.15, -0.1) is 0 Å². The molecule has 186 valence electrons. The van der Waals surface area contributed by atoms with E-state index in [1.165, 1.54) is 6.33 Å². The summed E-state index contributed by atoms with van der Waals surface area (Å²) in [5, 5.41) is 21.8. The summed E-state index contributed by atoms with van der Waals surface area (Å²) in [5.41, 5.74) is 1.82. The number of fused-ring (bicyclic) bond motifs is 1. The van der Waals surface area contributed by atoms with Gasteiger partial charge in [0.15, 0.2) is 0 Å². The molecule has 1 aliphatic rings. The lowest BCUT2D eigenvalue weighted by atomic mass is 9.87. The van der Waals surface area contributed by atoms with E-state index >= 15 is 0 Å². The van der Waals surface area contributed by atoms with Crippen LogP contribution >= 0.6 is 0 Å². The maximum Gasteiger partial charge on any atom is 0.490 e. The van der Waals surface area contributed by atoms with Crippen molar-refractivity contribution in [2.75, 3.05) is 19.7 Å². The van der Waals surface area contributed by atoms with Crippen LogP contribution in [0.1, 0.15) is 20.3 Å². The molecule has 0 saturated carbocycles. The molecule has 1 fully saturated rings. The molecule has 0 bridgehead atoms. The van der Waals surface area contributed by atoms with Crippen LogP contribution in [-0.2, 0) is 15.1 Å². The number of aliphatic carboxylic acids is 1. The van der Waals surface area contributed by atoms with Gasteiger partial charge in [-0.25, -0.2) is 19.6 Å². The van der Waals surface area contributed by atoms with Crippen molar-refractivity contribution in [3.63, 3.8) is 0 Å². The van der Waals surface area contributed by atoms with Crippen LogP contribution in [0.25, 0.3) is 22.3 Å². The molecular formula is C21H22F3N7O4. The van der Waals surface area contributed by atoms with Crippen molar-refractivity contribution < 1.29 is 32.6 Å². The van der Waals surface area contributed by atoms with Gasteiger partial charge < -0.3 is 19.7 Å². The van der Waals surface area contributed by atoms with E-state index in [2.05, 4.69) is 26.1 Å². The van der Waals surface area contributed by atoms with E-state index in [9.17, 15) is 23.2 Å². The minimum atomic E-state index is -5.08. The summed E-state index contributed by atoms with van der Waals surface area (Å²) in [5.74, 6) is -2.48. The lowest BCUT2D eigenvalue weighted by molar-refractivity contribution is -0.192. The van der Waals surface area contributed by atoms with E-state index in [0.717, 1.165) is 22.3 Å². The van der Waals surface area contributed by atoms with Gasteiger partial charge in [0.25, 0.3) is 0 Å². The number of carbonyl (C=O) groups is 2. The highest BCUT2D eigenvalue weighted by atomic mass is 19.4. The van der Waals surface area contributed by atoms with Crippen LogP contribution in [0.4, 0.5) is 18.0 Å². The zero-order valence-corrected chi connectivity index (χ0v) is 18.8. The van der Waals surface area contributed by atoms with Crippen molar-refractivity contribution in [3.05, 3.63) is 31.0 Å². The van der Waals surface area contributed by atoms with Gasteiger partial charge in [-0.1, -0.05) is 13.8 Å². The first kappa shape index (κ1) is 25.5. The van der Waals surface area contributed by atoms with Gasteiger partial charge >= 0.3 is 18.2 Å². The third-order valence-corrected chi connectivity index (χ3v) is 5.12. The van der Waals surface area contributed by atoms with Gasteiger partial charge in [-0.2, -0.15) is 23.5 Å². The Morgan fingerprint density at radius 1 is 1.34 bits per heavy atom. The monoisotopic (exact) mass is 493 g/mol. The Bertz CT molecular complexity index is 1240. The molecule has 35 heavy (non-hydrogen) atoms. The normalized spacial score (nSPS) is 14.6. The Balaban J connectivity index is 0.000000429. The Hall–Kier alpha value is -4.15. The van der Waals surface area contributed by atoms with Crippen LogP contribution in [0.2, 0.25) is 0 Å². The molecule has 0 atom stereocenters. The van der Waals surface area contributed by atoms with Crippen LogP contribution in [0.15, 0.2) is 31.0 Å². The third-order valence-electron chi connectivity index (χ3n) is 5.12. The van der Waals surface area contributed by atoms with Crippen LogP contribution in [-0.4, -0.2) is 72.7 Å². The number of nitrogens with one attached hydrogen (secondary N) is 1. The van der Waals surface area contributed by atoms with Gasteiger partial charge in [0.2, 0.25) is 0 Å². The van der Waals surface area contributed by atoms with Crippen molar-refractivity contribution in [3.8, 4) is 17.3 Å². The number of hydrogen-bond donors (Lipinski definition) is 2. The highest BCUT2D eigenvalue weighted by molar-refractivity contribution is 5.90. The number of alkyl halides is 3. The van der Waals surface area contributed by atoms with Crippen molar-refractivity contribution in [2.24, 2.45) is 5.92 Å². The molecule has 0 unspecified atom stereocenters. The number of rotatable bonds is 5. The van der Waals surface area contributed by atoms with Crippen LogP contribution in [0, 0.1) is 17.2 Å². The van der Waals surface area contributed by atoms with Crippen molar-refractivity contribution in [2.45, 2.75) is 32.0 Å². The zero-order chi connectivity index (χ0) is 25.8. The minimum Gasteiger partial charge on any atom is -0.475 e. The molecule has 4 heterocycles. The molecule has 3 aromatic heterocycles. The minimum absolute atomic E-state index is 0.255. The number of carbonyl (C=O) groups excluding carboxylic acids is 1. The van der Waals surface area contributed by atoms with Crippen molar-refractivity contribution >= 4 is 23.1 Å². The number of carboxylic acids is 1. The largest absolute Gasteiger partial charge is 0.490 e. The molecule has 0 aromatic carbocycles. The fourth-order valence-electron chi connectivity index (χ4n) is 3.41. The molecule has 11 nitrogen and oxygen atoms in total. The quantitative estimate of drug-likeness (QED) is 0.550. The summed E-state index contributed by atoms with van der Waals surface area (Å²) in [7, 11) is 0. The first-order valence-corrected chi connectivity index (χ1v) is 10.4. The van der Waals surface area contributed by atoms with Gasteiger partial charge in [0, 0.05) is 23.3 Å². The Morgan fingerprint density at radius 3 is 2.63 bits per heavy atom. The number of nitriles is 1. The molecule has 0 spiro atoms. The first-order valence-electron chi connectivity index (χ1n) is 10.4. The molecule has 0 radical (unpaired) electrons. The van der Waals surface area contributed by atoms with Gasteiger partial charge in [-0.3, -0.25) is 4.68 Å². The summed E-state index contributed by atoms with van der Waals surface area (Å²) in [6.45, 7) is 5.14. The number of hydrogen-bond acceptors (Lipinski definition) is 7. The highest BCUT2D eigenvalue weighted by Crippen LogP contribution is 2.34. The lowest BCUT2D eigenvalue weighted by Gasteiger charge is -2.48. The first-order chi connectivity index (χ1) is 16.5. The summed E-state index contributed by atoms with van der Waals surface area (Å²) >= 11 is 0. The average Bonchev–Trinajstić information content (AvgIpc) is 3.43. The van der Waals surface area contributed by atoms with Crippen LogP contribution in [0.3, 0.4) is 0 Å². The number of halogens is 3. The summed E-state index contributed by atoms with van der Waals surface area (Å²) in [4.78, 5) is 34.3. The molecule has 1 saturated heterocycles. The summed E-state index contributed by atoms with van der Waals surface area (Å²) < 4.78 is 38.8. The fourth-order valence-corrected chi connectivity index (χ4v) is 3.41. The van der Waals surface area contributed by atoms with Crippen molar-refractivity contribution in [1.82, 2.24) is 29.6 Å². The van der Waals surface area contributed by atoms with Gasteiger partial charge in [0.05, 0.1) is 44.1 Å². The lowest BCUT2D eigenvalue weighted by Crippen LogP contribution is -2.64.